The van der Waals surface area contributed by atoms with Crippen LogP contribution in [0.1, 0.15) is 24.2 Å². The molecule has 0 spiro atoms. The van der Waals surface area contributed by atoms with Crippen LogP contribution in [0.15, 0.2) is 47.4 Å². The Balaban J connectivity index is 2.00. The fourth-order valence-corrected chi connectivity index (χ4v) is 2.60. The molecule has 1 nitrogen and oxygen atoms in total. The highest BCUT2D eigenvalue weighted by Crippen LogP contribution is 2.26. The lowest BCUT2D eigenvalue weighted by Crippen LogP contribution is -1.90. The van der Waals surface area contributed by atoms with Gasteiger partial charge in [-0.25, -0.2) is 4.39 Å². The van der Waals surface area contributed by atoms with Crippen LogP contribution < -0.4 is 0 Å². The second-order valence-electron chi connectivity index (χ2n) is 4.28. The van der Waals surface area contributed by atoms with Crippen molar-refractivity contribution in [3.63, 3.8) is 0 Å². The monoisotopic (exact) mass is 296 g/mol. The quantitative estimate of drug-likeness (QED) is 0.816. The highest BCUT2D eigenvalue weighted by atomic mass is 35.5. The Bertz CT molecular complexity index is 555. The highest BCUT2D eigenvalue weighted by molar-refractivity contribution is 7.98. The van der Waals surface area contributed by atoms with Crippen LogP contribution >= 0.6 is 23.4 Å². The molecule has 0 aliphatic carbocycles. The molecule has 2 rings (SSSR count). The lowest BCUT2D eigenvalue weighted by molar-refractivity contribution is 0.199. The minimum atomic E-state index is -0.454. The molecule has 0 aliphatic heterocycles. The van der Waals surface area contributed by atoms with Crippen molar-refractivity contribution < 1.29 is 9.50 Å². The number of benzene rings is 2. The largest absolute Gasteiger partial charge is 0.389 e. The second kappa shape index (κ2) is 6.42. The average molecular weight is 297 g/mol. The summed E-state index contributed by atoms with van der Waals surface area (Å²) in [7, 11) is 0. The predicted molar refractivity (Wildman–Crippen MR) is 78.0 cm³/mol. The molecule has 0 aliphatic rings. The van der Waals surface area contributed by atoms with Gasteiger partial charge < -0.3 is 5.11 Å². The molecule has 0 heterocycles. The minimum absolute atomic E-state index is 0.148. The molecule has 0 saturated carbocycles. The molecule has 0 saturated heterocycles. The Kier molecular flexibility index (Phi) is 4.86. The van der Waals surface area contributed by atoms with E-state index in [1.807, 2.05) is 30.3 Å². The lowest BCUT2D eigenvalue weighted by Gasteiger charge is -2.06. The first-order valence-electron chi connectivity index (χ1n) is 5.91. The van der Waals surface area contributed by atoms with Gasteiger partial charge in [0.05, 0.1) is 11.1 Å². The van der Waals surface area contributed by atoms with Gasteiger partial charge in [-0.3, -0.25) is 0 Å². The smallest absolute Gasteiger partial charge is 0.142 e. The van der Waals surface area contributed by atoms with E-state index in [0.717, 1.165) is 16.0 Å². The van der Waals surface area contributed by atoms with Gasteiger partial charge in [0.2, 0.25) is 0 Å². The van der Waals surface area contributed by atoms with Crippen LogP contribution in [0.5, 0.6) is 0 Å². The zero-order chi connectivity index (χ0) is 13.8. The molecule has 2 aromatic carbocycles. The zero-order valence-electron chi connectivity index (χ0n) is 10.4. The van der Waals surface area contributed by atoms with E-state index in [0.29, 0.717) is 5.75 Å². The number of hydrogen-bond donors (Lipinski definition) is 1. The summed E-state index contributed by atoms with van der Waals surface area (Å²) in [5.74, 6) is 0.298. The van der Waals surface area contributed by atoms with E-state index in [1.54, 1.807) is 24.8 Å². The van der Waals surface area contributed by atoms with Crippen molar-refractivity contribution in [3.05, 3.63) is 64.4 Å². The van der Waals surface area contributed by atoms with E-state index < -0.39 is 6.10 Å². The summed E-state index contributed by atoms with van der Waals surface area (Å²) in [6.07, 6.45) is -0.454. The van der Waals surface area contributed by atoms with Gasteiger partial charge in [0.15, 0.2) is 0 Å². The zero-order valence-corrected chi connectivity index (χ0v) is 12.0. The van der Waals surface area contributed by atoms with Crippen molar-refractivity contribution in [2.24, 2.45) is 0 Å². The molecule has 0 fully saturated rings. The summed E-state index contributed by atoms with van der Waals surface area (Å²) in [4.78, 5) is 1.08. The van der Waals surface area contributed by atoms with Crippen molar-refractivity contribution >= 4 is 23.4 Å². The van der Waals surface area contributed by atoms with Crippen LogP contribution in [-0.2, 0) is 5.75 Å². The van der Waals surface area contributed by atoms with E-state index in [-0.39, 0.29) is 10.8 Å². The third kappa shape index (κ3) is 3.96. The fraction of sp³-hybridized carbons (Fsp3) is 0.200. The van der Waals surface area contributed by atoms with E-state index in [4.69, 9.17) is 11.6 Å². The van der Waals surface area contributed by atoms with Crippen LogP contribution in [0.25, 0.3) is 0 Å². The Morgan fingerprint density at radius 3 is 2.47 bits per heavy atom. The molecule has 19 heavy (non-hydrogen) atoms. The standard InChI is InChI=1S/C15H14ClFOS/c1-10(18)12-3-5-13(6-4-12)19-9-11-2-7-14(16)15(17)8-11/h2-8,10,18H,9H2,1H3. The van der Waals surface area contributed by atoms with Gasteiger partial charge in [-0.2, -0.15) is 0 Å². The molecule has 0 aromatic heterocycles. The molecule has 100 valence electrons. The summed E-state index contributed by atoms with van der Waals surface area (Å²) in [5, 5.41) is 9.57. The molecule has 2 aromatic rings. The molecule has 0 amide bonds. The first kappa shape index (κ1) is 14.4. The van der Waals surface area contributed by atoms with Gasteiger partial charge in [0, 0.05) is 10.6 Å². The Morgan fingerprint density at radius 1 is 1.21 bits per heavy atom. The van der Waals surface area contributed by atoms with Crippen LogP contribution in [0.4, 0.5) is 4.39 Å². The van der Waals surface area contributed by atoms with E-state index in [1.165, 1.54) is 6.07 Å². The first-order chi connectivity index (χ1) is 9.06. The molecule has 0 radical (unpaired) electrons. The predicted octanol–water partition coefficient (Wildman–Crippen LogP) is 4.82. The maximum atomic E-state index is 13.3. The minimum Gasteiger partial charge on any atom is -0.389 e. The molecular weight excluding hydrogens is 283 g/mol. The third-order valence-corrected chi connectivity index (χ3v) is 4.14. The van der Waals surface area contributed by atoms with E-state index in [9.17, 15) is 9.50 Å². The maximum absolute atomic E-state index is 13.3. The van der Waals surface area contributed by atoms with Crippen LogP contribution in [0.2, 0.25) is 5.02 Å². The number of rotatable bonds is 4. The molecular formula is C15H14ClFOS. The molecule has 1 unspecified atom stereocenters. The number of aliphatic hydroxyl groups excluding tert-OH is 1. The van der Waals surface area contributed by atoms with Gasteiger partial charge in [-0.15, -0.1) is 11.8 Å². The van der Waals surface area contributed by atoms with Gasteiger partial charge in [-0.1, -0.05) is 29.8 Å². The molecule has 0 bridgehead atoms. The van der Waals surface area contributed by atoms with Crippen LogP contribution in [0.3, 0.4) is 0 Å². The van der Waals surface area contributed by atoms with E-state index >= 15 is 0 Å². The van der Waals surface area contributed by atoms with Gasteiger partial charge in [0.1, 0.15) is 5.82 Å². The molecule has 1 atom stereocenters. The van der Waals surface area contributed by atoms with Crippen molar-refractivity contribution in [1.82, 2.24) is 0 Å². The highest BCUT2D eigenvalue weighted by Gasteiger charge is 2.03. The lowest BCUT2D eigenvalue weighted by atomic mass is 10.1. The van der Waals surface area contributed by atoms with Gasteiger partial charge >= 0.3 is 0 Å². The average Bonchev–Trinajstić information content (AvgIpc) is 2.40. The topological polar surface area (TPSA) is 20.2 Å². The second-order valence-corrected chi connectivity index (χ2v) is 5.74. The number of aliphatic hydroxyl groups is 1. The van der Waals surface area contributed by atoms with Gasteiger partial charge in [-0.05, 0) is 42.3 Å². The molecule has 1 N–H and O–H groups in total. The Hall–Kier alpha value is -1.03. The third-order valence-electron chi connectivity index (χ3n) is 2.75. The first-order valence-corrected chi connectivity index (χ1v) is 7.27. The van der Waals surface area contributed by atoms with Crippen LogP contribution in [-0.4, -0.2) is 5.11 Å². The summed E-state index contributed by atoms with van der Waals surface area (Å²) in [6, 6.07) is 12.6. The van der Waals surface area contributed by atoms with Gasteiger partial charge in [0.25, 0.3) is 0 Å². The number of halogens is 2. The normalized spacial score (nSPS) is 12.4. The summed E-state index contributed by atoms with van der Waals surface area (Å²) in [6.45, 7) is 1.73. The summed E-state index contributed by atoms with van der Waals surface area (Å²) < 4.78 is 13.3. The summed E-state index contributed by atoms with van der Waals surface area (Å²) in [5.41, 5.74) is 1.79. The van der Waals surface area contributed by atoms with Crippen molar-refractivity contribution in [3.8, 4) is 0 Å². The number of hydrogen-bond acceptors (Lipinski definition) is 2. The maximum Gasteiger partial charge on any atom is 0.142 e. The molecule has 4 heteroatoms. The van der Waals surface area contributed by atoms with Crippen molar-refractivity contribution in [2.45, 2.75) is 23.7 Å². The van der Waals surface area contributed by atoms with Crippen LogP contribution in [0, 0.1) is 5.82 Å². The van der Waals surface area contributed by atoms with E-state index in [2.05, 4.69) is 0 Å². The SMILES string of the molecule is CC(O)c1ccc(SCc2ccc(Cl)c(F)c2)cc1. The fourth-order valence-electron chi connectivity index (χ4n) is 1.64. The Labute approximate surface area is 121 Å². The van der Waals surface area contributed by atoms with Crippen molar-refractivity contribution in [2.75, 3.05) is 0 Å². The number of thioether (sulfide) groups is 1. The summed E-state index contributed by atoms with van der Waals surface area (Å²) >= 11 is 7.26. The van der Waals surface area contributed by atoms with Crippen molar-refractivity contribution in [1.29, 1.82) is 0 Å². The Morgan fingerprint density at radius 2 is 1.89 bits per heavy atom.